The Balaban J connectivity index is 1.83. The molecule has 1 aliphatic heterocycles. The van der Waals surface area contributed by atoms with Crippen molar-refractivity contribution in [3.05, 3.63) is 53.6 Å². The fraction of sp³-hybridized carbons (Fsp3) is 0.250. The second-order valence-corrected chi connectivity index (χ2v) is 7.55. The number of anilines is 1. The number of hydrogen-bond acceptors (Lipinski definition) is 3. The molecule has 0 aromatic heterocycles. The van der Waals surface area contributed by atoms with Crippen molar-refractivity contribution in [1.82, 2.24) is 0 Å². The molecule has 2 unspecified atom stereocenters. The van der Waals surface area contributed by atoms with Gasteiger partial charge in [0, 0.05) is 32.9 Å². The second-order valence-electron chi connectivity index (χ2n) is 5.03. The van der Waals surface area contributed by atoms with Crippen molar-refractivity contribution >= 4 is 28.2 Å². The number of hydrogen-bond donors (Lipinski definition) is 1. The first-order valence-corrected chi connectivity index (χ1v) is 8.92. The Morgan fingerprint density at radius 3 is 2.90 bits per heavy atom. The zero-order valence-electron chi connectivity index (χ0n) is 11.3. The van der Waals surface area contributed by atoms with Crippen LogP contribution in [0.1, 0.15) is 17.0 Å². The van der Waals surface area contributed by atoms with Crippen LogP contribution in [0.25, 0.3) is 0 Å². The van der Waals surface area contributed by atoms with Crippen LogP contribution in [-0.2, 0) is 10.8 Å². The molecule has 0 aliphatic carbocycles. The molecule has 2 atom stereocenters. The molecule has 0 fully saturated rings. The number of thioether (sulfide) groups is 1. The molecule has 0 radical (unpaired) electrons. The lowest BCUT2D eigenvalue weighted by atomic mass is 10.0. The summed E-state index contributed by atoms with van der Waals surface area (Å²) in [6.45, 7) is 1.94. The standard InChI is InChI=1S/C16H17NOS2/c1-11-14(17)6-4-8-16(11)20(18)10-12-9-19-15-7-3-2-5-13(12)15/h2-8,12H,9-10,17H2,1H3. The first-order valence-electron chi connectivity index (χ1n) is 6.62. The molecule has 2 N–H and O–H groups in total. The van der Waals surface area contributed by atoms with Gasteiger partial charge in [0.1, 0.15) is 0 Å². The van der Waals surface area contributed by atoms with Crippen molar-refractivity contribution in [3.63, 3.8) is 0 Å². The van der Waals surface area contributed by atoms with E-state index in [0.29, 0.717) is 11.7 Å². The third kappa shape index (κ3) is 2.50. The molecule has 0 amide bonds. The molecule has 104 valence electrons. The molecule has 0 saturated carbocycles. The van der Waals surface area contributed by atoms with Gasteiger partial charge in [0.15, 0.2) is 0 Å². The minimum Gasteiger partial charge on any atom is -0.398 e. The van der Waals surface area contributed by atoms with Crippen LogP contribution in [0.2, 0.25) is 0 Å². The van der Waals surface area contributed by atoms with Gasteiger partial charge in [-0.2, -0.15) is 0 Å². The highest BCUT2D eigenvalue weighted by atomic mass is 32.2. The zero-order chi connectivity index (χ0) is 14.1. The maximum atomic E-state index is 12.6. The van der Waals surface area contributed by atoms with E-state index < -0.39 is 10.8 Å². The fourth-order valence-corrected chi connectivity index (χ4v) is 5.45. The normalized spacial score (nSPS) is 18.8. The molecular weight excluding hydrogens is 286 g/mol. The van der Waals surface area contributed by atoms with Gasteiger partial charge >= 0.3 is 0 Å². The summed E-state index contributed by atoms with van der Waals surface area (Å²) in [5.74, 6) is 2.07. The SMILES string of the molecule is Cc1c(N)cccc1S(=O)CC1CSc2ccccc21. The van der Waals surface area contributed by atoms with Gasteiger partial charge in [-0.15, -0.1) is 11.8 Å². The highest BCUT2D eigenvalue weighted by molar-refractivity contribution is 7.99. The van der Waals surface area contributed by atoms with Gasteiger partial charge in [-0.3, -0.25) is 4.21 Å². The van der Waals surface area contributed by atoms with E-state index in [-0.39, 0.29) is 0 Å². The Morgan fingerprint density at radius 1 is 1.25 bits per heavy atom. The maximum absolute atomic E-state index is 12.6. The summed E-state index contributed by atoms with van der Waals surface area (Å²) in [5, 5.41) is 0. The summed E-state index contributed by atoms with van der Waals surface area (Å²) in [6, 6.07) is 14.1. The third-order valence-electron chi connectivity index (χ3n) is 3.72. The number of rotatable bonds is 3. The monoisotopic (exact) mass is 303 g/mol. The van der Waals surface area contributed by atoms with E-state index in [1.807, 2.05) is 36.9 Å². The first kappa shape index (κ1) is 13.7. The zero-order valence-corrected chi connectivity index (χ0v) is 13.0. The Labute approximate surface area is 126 Å². The predicted molar refractivity (Wildman–Crippen MR) is 86.8 cm³/mol. The quantitative estimate of drug-likeness (QED) is 0.881. The Kier molecular flexibility index (Phi) is 3.85. The minimum atomic E-state index is -0.996. The number of nitrogen functional groups attached to an aromatic ring is 1. The fourth-order valence-electron chi connectivity index (χ4n) is 2.52. The lowest BCUT2D eigenvalue weighted by molar-refractivity contribution is 0.677. The highest BCUT2D eigenvalue weighted by Crippen LogP contribution is 2.40. The smallest absolute Gasteiger partial charge is 0.0539 e. The average Bonchev–Trinajstić information content (AvgIpc) is 2.85. The highest BCUT2D eigenvalue weighted by Gasteiger charge is 2.25. The molecular formula is C16H17NOS2. The van der Waals surface area contributed by atoms with E-state index >= 15 is 0 Å². The molecule has 0 bridgehead atoms. The van der Waals surface area contributed by atoms with E-state index in [1.165, 1.54) is 10.5 Å². The van der Waals surface area contributed by atoms with Gasteiger partial charge in [-0.05, 0) is 36.2 Å². The number of fused-ring (bicyclic) bond motifs is 1. The van der Waals surface area contributed by atoms with E-state index in [4.69, 9.17) is 5.73 Å². The molecule has 4 heteroatoms. The van der Waals surface area contributed by atoms with Crippen LogP contribution in [0.15, 0.2) is 52.3 Å². The molecule has 0 saturated heterocycles. The van der Waals surface area contributed by atoms with E-state index in [0.717, 1.165) is 21.9 Å². The summed E-state index contributed by atoms with van der Waals surface area (Å²) < 4.78 is 12.6. The Morgan fingerprint density at radius 2 is 2.05 bits per heavy atom. The van der Waals surface area contributed by atoms with Crippen molar-refractivity contribution in [2.45, 2.75) is 22.6 Å². The van der Waals surface area contributed by atoms with Crippen molar-refractivity contribution in [1.29, 1.82) is 0 Å². The first-order chi connectivity index (χ1) is 9.66. The Hall–Kier alpha value is -1.26. The van der Waals surface area contributed by atoms with Gasteiger partial charge in [0.2, 0.25) is 0 Å². The summed E-state index contributed by atoms with van der Waals surface area (Å²) in [5.41, 5.74) is 8.91. The molecule has 2 nitrogen and oxygen atoms in total. The van der Waals surface area contributed by atoms with Crippen LogP contribution >= 0.6 is 11.8 Å². The molecule has 1 aliphatic rings. The third-order valence-corrected chi connectivity index (χ3v) is 6.61. The van der Waals surface area contributed by atoms with Crippen LogP contribution in [-0.4, -0.2) is 15.7 Å². The van der Waals surface area contributed by atoms with Crippen LogP contribution < -0.4 is 5.73 Å². The van der Waals surface area contributed by atoms with E-state index in [1.54, 1.807) is 0 Å². The largest absolute Gasteiger partial charge is 0.398 e. The lowest BCUT2D eigenvalue weighted by Gasteiger charge is -2.12. The van der Waals surface area contributed by atoms with Crippen molar-refractivity contribution in [2.24, 2.45) is 0 Å². The van der Waals surface area contributed by atoms with Crippen molar-refractivity contribution in [2.75, 3.05) is 17.2 Å². The van der Waals surface area contributed by atoms with Crippen LogP contribution in [0.3, 0.4) is 0 Å². The summed E-state index contributed by atoms with van der Waals surface area (Å²) in [6.07, 6.45) is 0. The molecule has 1 heterocycles. The number of nitrogens with two attached hydrogens (primary N) is 1. The van der Waals surface area contributed by atoms with Gasteiger partial charge in [0.05, 0.1) is 10.8 Å². The predicted octanol–water partition coefficient (Wildman–Crippen LogP) is 3.57. The van der Waals surface area contributed by atoms with Gasteiger partial charge < -0.3 is 5.73 Å². The molecule has 0 spiro atoms. The van der Waals surface area contributed by atoms with Gasteiger partial charge in [-0.25, -0.2) is 0 Å². The summed E-state index contributed by atoms with van der Waals surface area (Å²) in [4.78, 5) is 2.21. The van der Waals surface area contributed by atoms with Crippen molar-refractivity contribution in [3.8, 4) is 0 Å². The van der Waals surface area contributed by atoms with Gasteiger partial charge in [0.25, 0.3) is 0 Å². The molecule has 2 aromatic carbocycles. The number of benzene rings is 2. The molecule has 20 heavy (non-hydrogen) atoms. The van der Waals surface area contributed by atoms with Crippen LogP contribution in [0.5, 0.6) is 0 Å². The lowest BCUT2D eigenvalue weighted by Crippen LogP contribution is -2.10. The topological polar surface area (TPSA) is 43.1 Å². The average molecular weight is 303 g/mol. The summed E-state index contributed by atoms with van der Waals surface area (Å²) >= 11 is 1.86. The molecule has 3 rings (SSSR count). The Bertz CT molecular complexity index is 669. The minimum absolute atomic E-state index is 0.373. The molecule has 2 aromatic rings. The van der Waals surface area contributed by atoms with Crippen molar-refractivity contribution < 1.29 is 4.21 Å². The second kappa shape index (κ2) is 5.62. The van der Waals surface area contributed by atoms with Gasteiger partial charge in [-0.1, -0.05) is 24.3 Å². The maximum Gasteiger partial charge on any atom is 0.0539 e. The van der Waals surface area contributed by atoms with Crippen LogP contribution in [0.4, 0.5) is 5.69 Å². The van der Waals surface area contributed by atoms with Crippen LogP contribution in [0, 0.1) is 6.92 Å². The summed E-state index contributed by atoms with van der Waals surface area (Å²) in [7, 11) is -0.996. The van der Waals surface area contributed by atoms with E-state index in [2.05, 4.69) is 24.3 Å². The van der Waals surface area contributed by atoms with E-state index in [9.17, 15) is 4.21 Å².